The second-order valence-electron chi connectivity index (χ2n) is 11.0. The Balaban J connectivity index is 1.11. The number of anilines is 1. The van der Waals surface area contributed by atoms with E-state index < -0.39 is 0 Å². The Morgan fingerprint density at radius 2 is 1.53 bits per heavy atom. The minimum atomic E-state index is 0.191. The molecule has 194 valence electrons. The molecule has 8 nitrogen and oxygen atoms in total. The first-order valence-corrected chi connectivity index (χ1v) is 14.8. The maximum Gasteiger partial charge on any atom is 0.236 e. The number of carbonyl (C=O) groups excluding carboxylic acids is 2. The van der Waals surface area contributed by atoms with Crippen molar-refractivity contribution in [3.05, 3.63) is 16.8 Å². The molecule has 2 aromatic heterocycles. The number of hydrogen-bond acceptors (Lipinski definition) is 7. The van der Waals surface area contributed by atoms with Gasteiger partial charge in [-0.1, -0.05) is 0 Å². The SMILES string of the molecule is O=C(CN(CC(=O)N1CCCC1)C1CCC(Nc2ncnc3sc4c(c23)CCC4)CC1)N1CCCC1. The lowest BCUT2D eigenvalue weighted by Crippen LogP contribution is -2.50. The molecule has 6 rings (SSSR count). The van der Waals surface area contributed by atoms with Crippen LogP contribution in [0.1, 0.15) is 68.2 Å². The van der Waals surface area contributed by atoms with Crippen LogP contribution in [-0.2, 0) is 22.4 Å². The van der Waals surface area contributed by atoms with E-state index in [9.17, 15) is 9.59 Å². The number of nitrogens with one attached hydrogen (secondary N) is 1. The van der Waals surface area contributed by atoms with Crippen LogP contribution >= 0.6 is 11.3 Å². The topological polar surface area (TPSA) is 81.7 Å². The molecular formula is C27H38N6O2S. The molecule has 3 fully saturated rings. The number of aryl methyl sites for hydroxylation is 2. The summed E-state index contributed by atoms with van der Waals surface area (Å²) in [7, 11) is 0. The number of nitrogens with zero attached hydrogens (tertiary/aromatic N) is 5. The molecule has 9 heteroatoms. The van der Waals surface area contributed by atoms with Crippen molar-refractivity contribution in [3.63, 3.8) is 0 Å². The van der Waals surface area contributed by atoms with Crippen molar-refractivity contribution in [2.24, 2.45) is 0 Å². The fraction of sp³-hybridized carbons (Fsp3) is 0.704. The maximum absolute atomic E-state index is 13.0. The van der Waals surface area contributed by atoms with Crippen molar-refractivity contribution < 1.29 is 9.59 Å². The summed E-state index contributed by atoms with van der Waals surface area (Å²) in [4.78, 5) is 44.0. The summed E-state index contributed by atoms with van der Waals surface area (Å²) in [5.41, 5.74) is 1.46. The van der Waals surface area contributed by atoms with E-state index in [2.05, 4.69) is 20.2 Å². The van der Waals surface area contributed by atoms with Crippen LogP contribution < -0.4 is 5.32 Å². The molecule has 2 aromatic rings. The van der Waals surface area contributed by atoms with Gasteiger partial charge in [0, 0.05) is 43.1 Å². The van der Waals surface area contributed by atoms with Crippen molar-refractivity contribution in [2.45, 2.75) is 82.7 Å². The lowest BCUT2D eigenvalue weighted by atomic mass is 9.90. The summed E-state index contributed by atoms with van der Waals surface area (Å²) >= 11 is 1.83. The van der Waals surface area contributed by atoms with Gasteiger partial charge in [0.05, 0.1) is 18.5 Å². The van der Waals surface area contributed by atoms with Gasteiger partial charge in [0.15, 0.2) is 0 Å². The molecule has 2 aliphatic heterocycles. The Kier molecular flexibility index (Phi) is 7.11. The van der Waals surface area contributed by atoms with E-state index in [4.69, 9.17) is 0 Å². The monoisotopic (exact) mass is 510 g/mol. The normalized spacial score (nSPS) is 24.1. The van der Waals surface area contributed by atoms with Crippen molar-refractivity contribution in [1.29, 1.82) is 0 Å². The smallest absolute Gasteiger partial charge is 0.236 e. The van der Waals surface area contributed by atoms with Crippen LogP contribution in [0, 0.1) is 0 Å². The summed E-state index contributed by atoms with van der Waals surface area (Å²) in [6.45, 7) is 4.20. The zero-order chi connectivity index (χ0) is 24.5. The van der Waals surface area contributed by atoms with Crippen molar-refractivity contribution in [3.8, 4) is 0 Å². The fourth-order valence-electron chi connectivity index (χ4n) is 6.61. The van der Waals surface area contributed by atoms with Gasteiger partial charge < -0.3 is 15.1 Å². The predicted octanol–water partition coefficient (Wildman–Crippen LogP) is 3.45. The number of hydrogen-bond donors (Lipinski definition) is 1. The highest BCUT2D eigenvalue weighted by Gasteiger charge is 2.32. The second kappa shape index (κ2) is 10.6. The number of thiophene rings is 1. The average molecular weight is 511 g/mol. The largest absolute Gasteiger partial charge is 0.367 e. The van der Waals surface area contributed by atoms with Gasteiger partial charge in [-0.2, -0.15) is 0 Å². The van der Waals surface area contributed by atoms with E-state index in [1.807, 2.05) is 21.1 Å². The Morgan fingerprint density at radius 1 is 0.889 bits per heavy atom. The Labute approximate surface area is 217 Å². The summed E-state index contributed by atoms with van der Waals surface area (Å²) in [6.07, 6.45) is 13.6. The van der Waals surface area contributed by atoms with Crippen LogP contribution in [0.4, 0.5) is 5.82 Å². The van der Waals surface area contributed by atoms with Gasteiger partial charge in [-0.25, -0.2) is 9.97 Å². The second-order valence-corrected chi connectivity index (χ2v) is 12.1. The van der Waals surface area contributed by atoms with Gasteiger partial charge >= 0.3 is 0 Å². The van der Waals surface area contributed by atoms with Gasteiger partial charge in [0.25, 0.3) is 0 Å². The van der Waals surface area contributed by atoms with E-state index in [0.29, 0.717) is 19.1 Å². The summed E-state index contributed by atoms with van der Waals surface area (Å²) in [5.74, 6) is 1.38. The summed E-state index contributed by atoms with van der Waals surface area (Å²) in [6, 6.07) is 0.638. The van der Waals surface area contributed by atoms with Crippen LogP contribution in [-0.4, -0.2) is 87.8 Å². The molecule has 0 aromatic carbocycles. The third-order valence-electron chi connectivity index (χ3n) is 8.65. The van der Waals surface area contributed by atoms with Gasteiger partial charge in [-0.15, -0.1) is 11.3 Å². The number of carbonyl (C=O) groups is 2. The number of amides is 2. The Morgan fingerprint density at radius 3 is 2.17 bits per heavy atom. The van der Waals surface area contributed by atoms with Gasteiger partial charge in [0.1, 0.15) is 17.0 Å². The third-order valence-corrected chi connectivity index (χ3v) is 9.85. The first-order chi connectivity index (χ1) is 17.7. The zero-order valence-electron chi connectivity index (χ0n) is 21.2. The standard InChI is InChI=1S/C27H38N6O2S/c34-23(31-12-1-2-13-31)16-33(17-24(35)32-14-3-4-15-32)20-10-8-19(9-11-20)30-26-25-21-6-5-7-22(21)36-27(25)29-18-28-26/h18-20H,1-17H2,(H,28,29,30). The summed E-state index contributed by atoms with van der Waals surface area (Å²) < 4.78 is 0. The molecule has 0 spiro atoms. The Bertz CT molecular complexity index is 1070. The van der Waals surface area contributed by atoms with Gasteiger partial charge in [-0.3, -0.25) is 14.5 Å². The third kappa shape index (κ3) is 4.96. The molecular weight excluding hydrogens is 472 g/mol. The number of fused-ring (bicyclic) bond motifs is 3. The van der Waals surface area contributed by atoms with E-state index in [1.54, 1.807) is 6.33 Å². The van der Waals surface area contributed by atoms with E-state index >= 15 is 0 Å². The molecule has 1 saturated carbocycles. The van der Waals surface area contributed by atoms with Gasteiger partial charge in [0.2, 0.25) is 11.8 Å². The first kappa shape index (κ1) is 24.1. The molecule has 2 saturated heterocycles. The molecule has 0 bridgehead atoms. The van der Waals surface area contributed by atoms with E-state index in [1.165, 1.54) is 28.7 Å². The molecule has 36 heavy (non-hydrogen) atoms. The zero-order valence-corrected chi connectivity index (χ0v) is 22.0. The molecule has 2 aliphatic carbocycles. The fourth-order valence-corrected chi connectivity index (χ4v) is 7.84. The molecule has 0 radical (unpaired) electrons. The van der Waals surface area contributed by atoms with Crippen LogP contribution in [0.5, 0.6) is 0 Å². The number of aromatic nitrogens is 2. The van der Waals surface area contributed by atoms with E-state index in [-0.39, 0.29) is 17.9 Å². The number of likely N-dealkylation sites (tertiary alicyclic amines) is 2. The highest BCUT2D eigenvalue weighted by Crippen LogP contribution is 2.39. The van der Waals surface area contributed by atoms with Crippen molar-refractivity contribution in [1.82, 2.24) is 24.7 Å². The summed E-state index contributed by atoms with van der Waals surface area (Å²) in [5, 5.41) is 5.00. The maximum atomic E-state index is 13.0. The van der Waals surface area contributed by atoms with Crippen LogP contribution in [0.15, 0.2) is 6.33 Å². The lowest BCUT2D eigenvalue weighted by molar-refractivity contribution is -0.136. The molecule has 4 heterocycles. The first-order valence-electron chi connectivity index (χ1n) is 14.0. The van der Waals surface area contributed by atoms with Crippen LogP contribution in [0.3, 0.4) is 0 Å². The van der Waals surface area contributed by atoms with Crippen LogP contribution in [0.25, 0.3) is 10.2 Å². The van der Waals surface area contributed by atoms with Crippen molar-refractivity contribution in [2.75, 3.05) is 44.6 Å². The van der Waals surface area contributed by atoms with Gasteiger partial charge in [-0.05, 0) is 76.2 Å². The minimum absolute atomic E-state index is 0.191. The highest BCUT2D eigenvalue weighted by atomic mass is 32.1. The molecule has 0 unspecified atom stereocenters. The molecule has 1 N–H and O–H groups in total. The lowest BCUT2D eigenvalue weighted by Gasteiger charge is -2.37. The van der Waals surface area contributed by atoms with E-state index in [0.717, 1.165) is 94.6 Å². The minimum Gasteiger partial charge on any atom is -0.367 e. The van der Waals surface area contributed by atoms with Crippen LogP contribution in [0.2, 0.25) is 0 Å². The highest BCUT2D eigenvalue weighted by molar-refractivity contribution is 7.19. The predicted molar refractivity (Wildman–Crippen MR) is 142 cm³/mol. The number of rotatable bonds is 7. The molecule has 0 atom stereocenters. The molecule has 4 aliphatic rings. The van der Waals surface area contributed by atoms with Crippen molar-refractivity contribution >= 4 is 39.2 Å². The Hall–Kier alpha value is -2.26. The average Bonchev–Trinajstić information content (AvgIpc) is 3.69. The quantitative estimate of drug-likeness (QED) is 0.615. The molecule has 2 amide bonds.